The minimum absolute atomic E-state index is 0.0392. The summed E-state index contributed by atoms with van der Waals surface area (Å²) in [5.41, 5.74) is 0.890. The summed E-state index contributed by atoms with van der Waals surface area (Å²) in [6, 6.07) is 4.24. The molecule has 108 valence electrons. The molecule has 0 aromatic heterocycles. The topological polar surface area (TPSA) is 52.6 Å². The van der Waals surface area contributed by atoms with Crippen LogP contribution < -0.4 is 0 Å². The van der Waals surface area contributed by atoms with Crippen LogP contribution in [0.2, 0.25) is 0 Å². The fourth-order valence-corrected chi connectivity index (χ4v) is 2.54. The lowest BCUT2D eigenvalue weighted by molar-refractivity contribution is 0.147. The summed E-state index contributed by atoms with van der Waals surface area (Å²) in [5.74, 6) is -0.364. The first kappa shape index (κ1) is 16.1. The van der Waals surface area contributed by atoms with Crippen LogP contribution in [0.3, 0.4) is 0 Å². The molecule has 0 atom stereocenters. The summed E-state index contributed by atoms with van der Waals surface area (Å²) in [5, 5.41) is 0. The van der Waals surface area contributed by atoms with Gasteiger partial charge in [-0.1, -0.05) is 12.1 Å². The molecule has 0 spiro atoms. The SMILES string of the molecule is COCCOS(=O)(=O)C(C)(C)c1ccc(F)c(C)c1. The van der Waals surface area contributed by atoms with Crippen LogP contribution in [-0.4, -0.2) is 28.7 Å². The van der Waals surface area contributed by atoms with Crippen LogP contribution in [0.15, 0.2) is 18.2 Å². The van der Waals surface area contributed by atoms with Gasteiger partial charge in [0.1, 0.15) is 10.6 Å². The zero-order valence-electron chi connectivity index (χ0n) is 11.6. The van der Waals surface area contributed by atoms with E-state index >= 15 is 0 Å². The van der Waals surface area contributed by atoms with Gasteiger partial charge >= 0.3 is 0 Å². The molecule has 0 aliphatic rings. The van der Waals surface area contributed by atoms with Crippen molar-refractivity contribution < 1.29 is 21.7 Å². The molecule has 0 amide bonds. The van der Waals surface area contributed by atoms with Crippen LogP contribution in [-0.2, 0) is 23.8 Å². The Balaban J connectivity index is 3.04. The molecule has 0 heterocycles. The Hall–Kier alpha value is -0.980. The first-order valence-electron chi connectivity index (χ1n) is 5.87. The molecular weight excluding hydrogens is 271 g/mol. The summed E-state index contributed by atoms with van der Waals surface area (Å²) in [6.07, 6.45) is 0. The van der Waals surface area contributed by atoms with Crippen molar-refractivity contribution in [3.05, 3.63) is 35.1 Å². The first-order valence-corrected chi connectivity index (χ1v) is 7.27. The molecule has 0 aliphatic carbocycles. The number of halogens is 1. The zero-order valence-corrected chi connectivity index (χ0v) is 12.4. The van der Waals surface area contributed by atoms with Gasteiger partial charge in [0.25, 0.3) is 10.1 Å². The highest BCUT2D eigenvalue weighted by Crippen LogP contribution is 2.31. The standard InChI is InChI=1S/C13H19FO4S/c1-10-9-11(5-6-12(10)14)13(2,3)19(15,16)18-8-7-17-4/h5-6,9H,7-8H2,1-4H3. The Labute approximate surface area is 113 Å². The van der Waals surface area contributed by atoms with E-state index in [-0.39, 0.29) is 19.0 Å². The molecular formula is C13H19FO4S. The van der Waals surface area contributed by atoms with Crippen molar-refractivity contribution in [1.82, 2.24) is 0 Å². The van der Waals surface area contributed by atoms with Crippen molar-refractivity contribution in [3.8, 4) is 0 Å². The van der Waals surface area contributed by atoms with Crippen LogP contribution >= 0.6 is 0 Å². The second-order valence-electron chi connectivity index (χ2n) is 4.74. The number of ether oxygens (including phenoxy) is 1. The number of hydrogen-bond donors (Lipinski definition) is 0. The highest BCUT2D eigenvalue weighted by atomic mass is 32.2. The Morgan fingerprint density at radius 2 is 1.89 bits per heavy atom. The highest BCUT2D eigenvalue weighted by Gasteiger charge is 2.37. The van der Waals surface area contributed by atoms with E-state index in [1.54, 1.807) is 6.92 Å². The fraction of sp³-hybridized carbons (Fsp3) is 0.538. The Morgan fingerprint density at radius 3 is 2.42 bits per heavy atom. The van der Waals surface area contributed by atoms with E-state index in [4.69, 9.17) is 8.92 Å². The van der Waals surface area contributed by atoms with Gasteiger partial charge in [0.2, 0.25) is 0 Å². The smallest absolute Gasteiger partial charge is 0.276 e. The predicted molar refractivity (Wildman–Crippen MR) is 70.9 cm³/mol. The lowest BCUT2D eigenvalue weighted by Gasteiger charge is -2.25. The molecule has 19 heavy (non-hydrogen) atoms. The summed E-state index contributed by atoms with van der Waals surface area (Å²) >= 11 is 0. The minimum Gasteiger partial charge on any atom is -0.382 e. The van der Waals surface area contributed by atoms with E-state index in [0.29, 0.717) is 11.1 Å². The van der Waals surface area contributed by atoms with Crippen LogP contribution in [0.25, 0.3) is 0 Å². The van der Waals surface area contributed by atoms with Crippen LogP contribution in [0, 0.1) is 12.7 Å². The molecule has 6 heteroatoms. The molecule has 0 saturated carbocycles. The fourth-order valence-electron chi connectivity index (χ4n) is 1.54. The van der Waals surface area contributed by atoms with Crippen molar-refractivity contribution in [2.75, 3.05) is 20.3 Å². The molecule has 0 radical (unpaired) electrons. The third-order valence-electron chi connectivity index (χ3n) is 3.00. The number of rotatable bonds is 6. The quantitative estimate of drug-likeness (QED) is 0.596. The van der Waals surface area contributed by atoms with E-state index in [0.717, 1.165) is 0 Å². The summed E-state index contributed by atoms with van der Waals surface area (Å²) < 4.78 is 46.0. The second-order valence-corrected chi connectivity index (χ2v) is 6.91. The van der Waals surface area contributed by atoms with Crippen molar-refractivity contribution >= 4 is 10.1 Å². The molecule has 0 N–H and O–H groups in total. The van der Waals surface area contributed by atoms with E-state index in [1.807, 2.05) is 0 Å². The normalized spacial score (nSPS) is 12.7. The Morgan fingerprint density at radius 1 is 1.26 bits per heavy atom. The summed E-state index contributed by atoms with van der Waals surface area (Å²) in [4.78, 5) is 0. The van der Waals surface area contributed by atoms with Gasteiger partial charge in [-0.15, -0.1) is 0 Å². The molecule has 0 unspecified atom stereocenters. The average Bonchev–Trinajstić information content (AvgIpc) is 2.32. The van der Waals surface area contributed by atoms with E-state index in [2.05, 4.69) is 0 Å². The van der Waals surface area contributed by atoms with E-state index in [9.17, 15) is 12.8 Å². The zero-order chi connectivity index (χ0) is 14.7. The lowest BCUT2D eigenvalue weighted by Crippen LogP contribution is -2.32. The third-order valence-corrected chi connectivity index (χ3v) is 4.97. The summed E-state index contributed by atoms with van der Waals surface area (Å²) in [6.45, 7) is 4.80. The number of methoxy groups -OCH3 is 1. The Bertz CT molecular complexity index is 538. The molecule has 0 bridgehead atoms. The maximum Gasteiger partial charge on any atom is 0.276 e. The lowest BCUT2D eigenvalue weighted by atomic mass is 10.0. The predicted octanol–water partition coefficient (Wildman–Crippen LogP) is 2.36. The van der Waals surface area contributed by atoms with E-state index in [1.165, 1.54) is 39.2 Å². The number of benzene rings is 1. The maximum atomic E-state index is 13.2. The molecule has 0 saturated heterocycles. The number of hydrogen-bond acceptors (Lipinski definition) is 4. The molecule has 1 rings (SSSR count). The second kappa shape index (κ2) is 5.98. The van der Waals surface area contributed by atoms with Crippen LogP contribution in [0.4, 0.5) is 4.39 Å². The van der Waals surface area contributed by atoms with Gasteiger partial charge in [-0.25, -0.2) is 4.39 Å². The molecule has 4 nitrogen and oxygen atoms in total. The molecule has 1 aromatic carbocycles. The van der Waals surface area contributed by atoms with E-state index < -0.39 is 14.9 Å². The monoisotopic (exact) mass is 290 g/mol. The van der Waals surface area contributed by atoms with Gasteiger partial charge in [-0.05, 0) is 38.0 Å². The molecule has 0 fully saturated rings. The van der Waals surface area contributed by atoms with Crippen molar-refractivity contribution in [1.29, 1.82) is 0 Å². The van der Waals surface area contributed by atoms with Gasteiger partial charge in [0, 0.05) is 7.11 Å². The van der Waals surface area contributed by atoms with Gasteiger partial charge in [-0.3, -0.25) is 4.18 Å². The minimum atomic E-state index is -3.82. The van der Waals surface area contributed by atoms with Gasteiger partial charge in [0.15, 0.2) is 0 Å². The summed E-state index contributed by atoms with van der Waals surface area (Å²) in [7, 11) is -2.35. The van der Waals surface area contributed by atoms with Gasteiger partial charge in [-0.2, -0.15) is 8.42 Å². The van der Waals surface area contributed by atoms with Gasteiger partial charge < -0.3 is 4.74 Å². The van der Waals surface area contributed by atoms with Crippen LogP contribution in [0.1, 0.15) is 25.0 Å². The highest BCUT2D eigenvalue weighted by molar-refractivity contribution is 7.87. The largest absolute Gasteiger partial charge is 0.382 e. The van der Waals surface area contributed by atoms with Crippen molar-refractivity contribution in [2.45, 2.75) is 25.5 Å². The molecule has 1 aromatic rings. The average molecular weight is 290 g/mol. The van der Waals surface area contributed by atoms with Gasteiger partial charge in [0.05, 0.1) is 13.2 Å². The maximum absolute atomic E-state index is 13.2. The first-order chi connectivity index (χ1) is 8.72. The third kappa shape index (κ3) is 3.52. The van der Waals surface area contributed by atoms with Crippen LogP contribution in [0.5, 0.6) is 0 Å². The number of aryl methyl sites for hydroxylation is 1. The molecule has 0 aliphatic heterocycles. The Kier molecular flexibility index (Phi) is 5.06. The van der Waals surface area contributed by atoms with Crippen molar-refractivity contribution in [3.63, 3.8) is 0 Å². The van der Waals surface area contributed by atoms with Crippen molar-refractivity contribution in [2.24, 2.45) is 0 Å².